The lowest BCUT2D eigenvalue weighted by atomic mass is 9.73. The summed E-state index contributed by atoms with van der Waals surface area (Å²) >= 11 is 0. The van der Waals surface area contributed by atoms with Crippen molar-refractivity contribution < 1.29 is 23.6 Å². The van der Waals surface area contributed by atoms with E-state index < -0.39 is 7.12 Å². The van der Waals surface area contributed by atoms with Crippen LogP contribution in [0.2, 0.25) is 0 Å². The molecule has 5 nitrogen and oxygen atoms in total. The molecule has 0 spiro atoms. The molecule has 0 aliphatic carbocycles. The van der Waals surface area contributed by atoms with Crippen molar-refractivity contribution in [1.29, 1.82) is 0 Å². The maximum absolute atomic E-state index is 11.3. The largest absolute Gasteiger partial charge is 0.494 e. The van der Waals surface area contributed by atoms with Crippen molar-refractivity contribution in [3.63, 3.8) is 0 Å². The Morgan fingerprint density at radius 1 is 1.15 bits per heavy atom. The number of aldehydes is 1. The van der Waals surface area contributed by atoms with Gasteiger partial charge >= 0.3 is 7.12 Å². The molecule has 0 amide bonds. The zero-order valence-electron chi connectivity index (χ0n) is 12.3. The van der Waals surface area contributed by atoms with Crippen LogP contribution >= 0.6 is 0 Å². The van der Waals surface area contributed by atoms with Gasteiger partial charge in [-0.2, -0.15) is 0 Å². The van der Waals surface area contributed by atoms with Crippen LogP contribution in [-0.4, -0.2) is 40.8 Å². The summed E-state index contributed by atoms with van der Waals surface area (Å²) in [6.07, 6.45) is 0.768. The van der Waals surface area contributed by atoms with Gasteiger partial charge in [-0.1, -0.05) is 13.8 Å². The minimum atomic E-state index is -0.553. The molecule has 1 saturated heterocycles. The van der Waals surface area contributed by atoms with Gasteiger partial charge in [-0.15, -0.1) is 0 Å². The van der Waals surface area contributed by atoms with Gasteiger partial charge in [0.1, 0.15) is 6.29 Å². The van der Waals surface area contributed by atoms with Gasteiger partial charge in [-0.25, -0.2) is 0 Å². The highest BCUT2D eigenvalue weighted by Gasteiger charge is 2.35. The van der Waals surface area contributed by atoms with Crippen molar-refractivity contribution >= 4 is 18.9 Å². The summed E-state index contributed by atoms with van der Waals surface area (Å²) < 4.78 is 21.9. The second-order valence-corrected chi connectivity index (χ2v) is 5.57. The summed E-state index contributed by atoms with van der Waals surface area (Å²) in [5, 5.41) is 0. The van der Waals surface area contributed by atoms with Gasteiger partial charge in [0.25, 0.3) is 0 Å². The Labute approximate surface area is 119 Å². The Kier molecular flexibility index (Phi) is 4.35. The van der Waals surface area contributed by atoms with Crippen molar-refractivity contribution in [2.24, 2.45) is 5.41 Å². The van der Waals surface area contributed by atoms with Crippen molar-refractivity contribution in [2.45, 2.75) is 13.8 Å². The molecule has 0 atom stereocenters. The average molecular weight is 278 g/mol. The molecule has 1 aliphatic rings. The fourth-order valence-electron chi connectivity index (χ4n) is 2.09. The first-order chi connectivity index (χ1) is 9.50. The SMILES string of the molecule is COc1cc(C=O)c(B2OCC(C)(C)CO2)cc1OC. The normalized spacial score (nSPS) is 17.7. The summed E-state index contributed by atoms with van der Waals surface area (Å²) in [4.78, 5) is 11.3. The molecule has 1 aliphatic heterocycles. The predicted octanol–water partition coefficient (Wildman–Crippen LogP) is 1.28. The molecular formula is C14H19BO5. The lowest BCUT2D eigenvalue weighted by Gasteiger charge is -2.33. The molecule has 20 heavy (non-hydrogen) atoms. The minimum absolute atomic E-state index is 0.0194. The quantitative estimate of drug-likeness (QED) is 0.613. The van der Waals surface area contributed by atoms with Crippen LogP contribution in [0.1, 0.15) is 24.2 Å². The Morgan fingerprint density at radius 2 is 1.70 bits per heavy atom. The lowest BCUT2D eigenvalue weighted by molar-refractivity contribution is 0.0342. The molecule has 0 aromatic heterocycles. The standard InChI is InChI=1S/C14H19BO5/c1-14(2)8-19-15(20-9-14)11-6-13(18-4)12(17-3)5-10(11)7-16/h5-7H,8-9H2,1-4H3. The number of carbonyl (C=O) groups is 1. The third-order valence-corrected chi connectivity index (χ3v) is 3.22. The fraction of sp³-hybridized carbons (Fsp3) is 0.500. The monoisotopic (exact) mass is 278 g/mol. The minimum Gasteiger partial charge on any atom is -0.493 e. The third-order valence-electron chi connectivity index (χ3n) is 3.22. The molecule has 0 saturated carbocycles. The highest BCUT2D eigenvalue weighted by atomic mass is 16.6. The number of hydrogen-bond acceptors (Lipinski definition) is 5. The molecule has 0 N–H and O–H groups in total. The molecule has 6 heteroatoms. The topological polar surface area (TPSA) is 54.0 Å². The number of rotatable bonds is 4. The lowest BCUT2D eigenvalue weighted by Crippen LogP contribution is -2.48. The predicted molar refractivity (Wildman–Crippen MR) is 76.0 cm³/mol. The first-order valence-corrected chi connectivity index (χ1v) is 6.45. The molecule has 1 aromatic rings. The van der Waals surface area contributed by atoms with Crippen LogP contribution < -0.4 is 14.9 Å². The zero-order chi connectivity index (χ0) is 14.8. The molecule has 1 fully saturated rings. The van der Waals surface area contributed by atoms with Crippen LogP contribution in [0.3, 0.4) is 0 Å². The molecule has 1 aromatic carbocycles. The molecule has 0 unspecified atom stereocenters. The molecule has 2 rings (SSSR count). The maximum Gasteiger partial charge on any atom is 0.494 e. The van der Waals surface area contributed by atoms with Crippen molar-refractivity contribution in [1.82, 2.24) is 0 Å². The van der Waals surface area contributed by atoms with Crippen LogP contribution in [0.4, 0.5) is 0 Å². The summed E-state index contributed by atoms with van der Waals surface area (Å²) in [7, 11) is 2.53. The summed E-state index contributed by atoms with van der Waals surface area (Å²) in [5.41, 5.74) is 1.12. The Hall–Kier alpha value is -1.53. The van der Waals surface area contributed by atoms with E-state index >= 15 is 0 Å². The Balaban J connectivity index is 2.33. The van der Waals surface area contributed by atoms with E-state index in [-0.39, 0.29) is 5.41 Å². The first kappa shape index (κ1) is 14.9. The smallest absolute Gasteiger partial charge is 0.493 e. The first-order valence-electron chi connectivity index (χ1n) is 6.45. The Morgan fingerprint density at radius 3 is 2.20 bits per heavy atom. The second kappa shape index (κ2) is 5.85. The summed E-state index contributed by atoms with van der Waals surface area (Å²) in [6, 6.07) is 3.36. The van der Waals surface area contributed by atoms with E-state index in [2.05, 4.69) is 13.8 Å². The van der Waals surface area contributed by atoms with E-state index in [1.165, 1.54) is 7.11 Å². The second-order valence-electron chi connectivity index (χ2n) is 5.57. The van der Waals surface area contributed by atoms with Crippen LogP contribution in [-0.2, 0) is 9.31 Å². The van der Waals surface area contributed by atoms with Gasteiger partial charge in [0.2, 0.25) is 0 Å². The van der Waals surface area contributed by atoms with E-state index in [1.807, 2.05) is 0 Å². The van der Waals surface area contributed by atoms with Gasteiger partial charge in [0.15, 0.2) is 11.5 Å². The highest BCUT2D eigenvalue weighted by Crippen LogP contribution is 2.28. The number of methoxy groups -OCH3 is 2. The van der Waals surface area contributed by atoms with E-state index in [9.17, 15) is 4.79 Å². The highest BCUT2D eigenvalue weighted by molar-refractivity contribution is 6.62. The third kappa shape index (κ3) is 2.97. The van der Waals surface area contributed by atoms with Crippen LogP contribution in [0.5, 0.6) is 11.5 Å². The van der Waals surface area contributed by atoms with Gasteiger partial charge < -0.3 is 18.8 Å². The molecule has 1 heterocycles. The van der Waals surface area contributed by atoms with Crippen molar-refractivity contribution in [3.8, 4) is 11.5 Å². The van der Waals surface area contributed by atoms with Crippen molar-refractivity contribution in [2.75, 3.05) is 27.4 Å². The van der Waals surface area contributed by atoms with Gasteiger partial charge in [0, 0.05) is 24.2 Å². The maximum atomic E-state index is 11.3. The molecule has 0 radical (unpaired) electrons. The summed E-state index contributed by atoms with van der Waals surface area (Å²) in [6.45, 7) is 5.28. The average Bonchev–Trinajstić information content (AvgIpc) is 2.46. The van der Waals surface area contributed by atoms with E-state index in [1.54, 1.807) is 19.2 Å². The van der Waals surface area contributed by atoms with E-state index in [0.29, 0.717) is 35.7 Å². The number of hydrogen-bond donors (Lipinski definition) is 0. The van der Waals surface area contributed by atoms with Gasteiger partial charge in [-0.05, 0) is 17.6 Å². The van der Waals surface area contributed by atoms with E-state index in [4.69, 9.17) is 18.8 Å². The number of benzene rings is 1. The number of carbonyl (C=O) groups excluding carboxylic acids is 1. The molecular weight excluding hydrogens is 259 g/mol. The van der Waals surface area contributed by atoms with Crippen LogP contribution in [0, 0.1) is 5.41 Å². The van der Waals surface area contributed by atoms with Crippen molar-refractivity contribution in [3.05, 3.63) is 17.7 Å². The van der Waals surface area contributed by atoms with Gasteiger partial charge in [-0.3, -0.25) is 4.79 Å². The molecule has 108 valence electrons. The summed E-state index contributed by atoms with van der Waals surface area (Å²) in [5.74, 6) is 1.06. The van der Waals surface area contributed by atoms with Crippen LogP contribution in [0.25, 0.3) is 0 Å². The van der Waals surface area contributed by atoms with Gasteiger partial charge in [0.05, 0.1) is 14.2 Å². The Bertz CT molecular complexity index is 491. The fourth-order valence-corrected chi connectivity index (χ4v) is 2.09. The zero-order valence-corrected chi connectivity index (χ0v) is 12.3. The van der Waals surface area contributed by atoms with Crippen LogP contribution in [0.15, 0.2) is 12.1 Å². The van der Waals surface area contributed by atoms with E-state index in [0.717, 1.165) is 6.29 Å². The molecule has 0 bridgehead atoms. The number of ether oxygens (including phenoxy) is 2.